The number of rotatable bonds is 1. The number of nitrogen functional groups attached to an aromatic ring is 1. The van der Waals surface area contributed by atoms with Gasteiger partial charge in [0.05, 0.1) is 12.3 Å². The molecule has 1 unspecified atom stereocenters. The molecule has 2 aromatic carbocycles. The van der Waals surface area contributed by atoms with Crippen LogP contribution in [-0.4, -0.2) is 30.3 Å². The van der Waals surface area contributed by atoms with Gasteiger partial charge in [-0.1, -0.05) is 11.6 Å². The van der Waals surface area contributed by atoms with E-state index in [9.17, 15) is 4.79 Å². The minimum absolute atomic E-state index is 0.0877. The molecule has 2 N–H and O–H groups in total. The van der Waals surface area contributed by atoms with E-state index in [4.69, 9.17) is 17.3 Å². The summed E-state index contributed by atoms with van der Waals surface area (Å²) in [6.07, 6.45) is 2.38. The fourth-order valence-corrected chi connectivity index (χ4v) is 3.27. The van der Waals surface area contributed by atoms with Gasteiger partial charge in [-0.2, -0.15) is 5.10 Å². The van der Waals surface area contributed by atoms with Crippen molar-refractivity contribution in [3.8, 4) is 0 Å². The van der Waals surface area contributed by atoms with E-state index in [2.05, 4.69) is 21.0 Å². The standard InChI is InChI=1S/C18H18BrClN4O/c1-11-7-12-8-16(19)17(21)9-13(12)10-22-24(11)18(25)23(2)15-5-3-14(20)4-6-15/h3-6,8-11H,7,21H2,1-2H3. The van der Waals surface area contributed by atoms with E-state index >= 15 is 0 Å². The molecule has 1 atom stereocenters. The SMILES string of the molecule is CC1Cc2cc(Br)c(N)cc2C=NN1C(=O)N(C)c1ccc(Cl)cc1. The van der Waals surface area contributed by atoms with Gasteiger partial charge in [-0.05, 0) is 76.8 Å². The highest BCUT2D eigenvalue weighted by molar-refractivity contribution is 9.10. The van der Waals surface area contributed by atoms with E-state index in [0.717, 1.165) is 21.3 Å². The van der Waals surface area contributed by atoms with E-state index < -0.39 is 0 Å². The highest BCUT2D eigenvalue weighted by Crippen LogP contribution is 2.27. The number of hydrazone groups is 1. The fraction of sp³-hybridized carbons (Fsp3) is 0.222. The second kappa shape index (κ2) is 7.06. The lowest BCUT2D eigenvalue weighted by Crippen LogP contribution is -2.43. The van der Waals surface area contributed by atoms with E-state index in [-0.39, 0.29) is 12.1 Å². The van der Waals surface area contributed by atoms with Crippen LogP contribution in [0, 0.1) is 0 Å². The largest absolute Gasteiger partial charge is 0.398 e. The first-order valence-corrected chi connectivity index (χ1v) is 8.98. The average Bonchev–Trinajstić information content (AvgIpc) is 2.73. The highest BCUT2D eigenvalue weighted by atomic mass is 79.9. The summed E-state index contributed by atoms with van der Waals surface area (Å²) in [4.78, 5) is 14.5. The van der Waals surface area contributed by atoms with E-state index in [1.807, 2.05) is 19.1 Å². The molecule has 0 aromatic heterocycles. The van der Waals surface area contributed by atoms with Crippen LogP contribution >= 0.6 is 27.5 Å². The smallest absolute Gasteiger partial charge is 0.344 e. The average molecular weight is 422 g/mol. The van der Waals surface area contributed by atoms with Crippen molar-refractivity contribution >= 4 is 51.2 Å². The molecule has 2 aromatic rings. The molecular weight excluding hydrogens is 404 g/mol. The number of carbonyl (C=O) groups excluding carboxylic acids is 1. The molecule has 25 heavy (non-hydrogen) atoms. The molecule has 2 amide bonds. The number of hydrogen-bond acceptors (Lipinski definition) is 3. The number of halogens is 2. The van der Waals surface area contributed by atoms with Gasteiger partial charge in [0.1, 0.15) is 0 Å². The second-order valence-corrected chi connectivity index (χ2v) is 7.32. The quantitative estimate of drug-likeness (QED) is 0.688. The van der Waals surface area contributed by atoms with Gasteiger partial charge in [0, 0.05) is 27.9 Å². The van der Waals surface area contributed by atoms with Crippen LogP contribution in [0.1, 0.15) is 18.1 Å². The maximum absolute atomic E-state index is 12.9. The third kappa shape index (κ3) is 3.65. The summed E-state index contributed by atoms with van der Waals surface area (Å²) >= 11 is 9.37. The van der Waals surface area contributed by atoms with Crippen molar-refractivity contribution < 1.29 is 4.79 Å². The van der Waals surface area contributed by atoms with Gasteiger partial charge in [-0.15, -0.1) is 0 Å². The van der Waals surface area contributed by atoms with Crippen LogP contribution in [0.5, 0.6) is 0 Å². The third-order valence-electron chi connectivity index (χ3n) is 4.21. The Labute approximate surface area is 160 Å². The van der Waals surface area contributed by atoms with E-state index in [0.29, 0.717) is 17.1 Å². The highest BCUT2D eigenvalue weighted by Gasteiger charge is 2.26. The molecular formula is C18H18BrClN4O. The summed E-state index contributed by atoms with van der Waals surface area (Å²) < 4.78 is 0.852. The first-order valence-electron chi connectivity index (χ1n) is 7.81. The molecule has 0 saturated carbocycles. The number of nitrogens with zero attached hydrogens (tertiary/aromatic N) is 3. The zero-order chi connectivity index (χ0) is 18.1. The minimum atomic E-state index is -0.203. The predicted octanol–water partition coefficient (Wildman–Crippen LogP) is 4.52. The molecule has 0 bridgehead atoms. The number of anilines is 2. The maximum Gasteiger partial charge on any atom is 0.344 e. The molecule has 1 aliphatic heterocycles. The Morgan fingerprint density at radius 2 is 2.04 bits per heavy atom. The predicted molar refractivity (Wildman–Crippen MR) is 106 cm³/mol. The summed E-state index contributed by atoms with van der Waals surface area (Å²) in [6.45, 7) is 1.98. The van der Waals surface area contributed by atoms with Crippen LogP contribution in [0.3, 0.4) is 0 Å². The van der Waals surface area contributed by atoms with Crippen molar-refractivity contribution in [3.63, 3.8) is 0 Å². The van der Waals surface area contributed by atoms with Crippen LogP contribution in [0.2, 0.25) is 5.02 Å². The summed E-state index contributed by atoms with van der Waals surface area (Å²) in [5, 5.41) is 6.53. The number of carbonyl (C=O) groups is 1. The van der Waals surface area contributed by atoms with Crippen LogP contribution in [0.15, 0.2) is 46.0 Å². The Morgan fingerprint density at radius 3 is 2.72 bits per heavy atom. The second-order valence-electron chi connectivity index (χ2n) is 6.03. The van der Waals surface area contributed by atoms with Gasteiger partial charge < -0.3 is 5.73 Å². The van der Waals surface area contributed by atoms with Crippen molar-refractivity contribution in [1.29, 1.82) is 0 Å². The van der Waals surface area contributed by atoms with Crippen molar-refractivity contribution in [2.75, 3.05) is 17.7 Å². The van der Waals surface area contributed by atoms with E-state index in [1.165, 1.54) is 5.01 Å². The molecule has 5 nitrogen and oxygen atoms in total. The van der Waals surface area contributed by atoms with Gasteiger partial charge in [-0.25, -0.2) is 9.80 Å². The normalized spacial score (nSPS) is 16.3. The molecule has 0 aliphatic carbocycles. The zero-order valence-corrected chi connectivity index (χ0v) is 16.3. The lowest BCUT2D eigenvalue weighted by atomic mass is 10.0. The van der Waals surface area contributed by atoms with Crippen molar-refractivity contribution in [1.82, 2.24) is 5.01 Å². The Balaban J connectivity index is 1.86. The van der Waals surface area contributed by atoms with Crippen molar-refractivity contribution in [2.24, 2.45) is 5.10 Å². The summed E-state index contributed by atoms with van der Waals surface area (Å²) in [6, 6.07) is 10.7. The molecule has 130 valence electrons. The molecule has 0 radical (unpaired) electrons. The number of nitrogens with two attached hydrogens (primary N) is 1. The molecule has 7 heteroatoms. The van der Waals surface area contributed by atoms with Crippen molar-refractivity contribution in [2.45, 2.75) is 19.4 Å². The van der Waals surface area contributed by atoms with E-state index in [1.54, 1.807) is 42.4 Å². The summed E-state index contributed by atoms with van der Waals surface area (Å²) in [5.74, 6) is 0. The third-order valence-corrected chi connectivity index (χ3v) is 5.15. The Morgan fingerprint density at radius 1 is 1.36 bits per heavy atom. The van der Waals surface area contributed by atoms with Crippen LogP contribution in [0.4, 0.5) is 16.2 Å². The zero-order valence-electron chi connectivity index (χ0n) is 13.9. The number of hydrogen-bond donors (Lipinski definition) is 1. The first-order chi connectivity index (χ1) is 11.9. The van der Waals surface area contributed by atoms with Gasteiger partial charge >= 0.3 is 6.03 Å². The molecule has 0 spiro atoms. The van der Waals surface area contributed by atoms with Crippen LogP contribution < -0.4 is 10.6 Å². The van der Waals surface area contributed by atoms with Gasteiger partial charge in [0.15, 0.2) is 0 Å². The number of amides is 2. The topological polar surface area (TPSA) is 61.9 Å². The van der Waals surface area contributed by atoms with Crippen molar-refractivity contribution in [3.05, 3.63) is 57.0 Å². The van der Waals surface area contributed by atoms with Crippen LogP contribution in [0.25, 0.3) is 0 Å². The van der Waals surface area contributed by atoms with Gasteiger partial charge in [-0.3, -0.25) is 4.90 Å². The molecule has 0 fully saturated rings. The Kier molecular flexibility index (Phi) is 5.01. The first kappa shape index (κ1) is 17.8. The van der Waals surface area contributed by atoms with Crippen LogP contribution in [-0.2, 0) is 6.42 Å². The minimum Gasteiger partial charge on any atom is -0.398 e. The lowest BCUT2D eigenvalue weighted by molar-refractivity contribution is 0.190. The number of urea groups is 1. The molecule has 3 rings (SSSR count). The number of fused-ring (bicyclic) bond motifs is 1. The molecule has 1 heterocycles. The Hall–Kier alpha value is -2.05. The summed E-state index contributed by atoms with van der Waals surface area (Å²) in [7, 11) is 1.72. The lowest BCUT2D eigenvalue weighted by Gasteiger charge is -2.28. The fourth-order valence-electron chi connectivity index (χ4n) is 2.76. The van der Waals surface area contributed by atoms with Gasteiger partial charge in [0.2, 0.25) is 0 Å². The molecule has 0 saturated heterocycles. The number of benzene rings is 2. The molecule has 1 aliphatic rings. The van der Waals surface area contributed by atoms with Gasteiger partial charge in [0.25, 0.3) is 0 Å². The monoisotopic (exact) mass is 420 g/mol. The maximum atomic E-state index is 12.9. The summed E-state index contributed by atoms with van der Waals surface area (Å²) in [5.41, 5.74) is 9.38. The Bertz CT molecular complexity index is 838.